The normalized spacial score (nSPS) is 18.2. The standard InChI is InChI=1S/C26H27N5O2S/c1-16-9-12-23(34-16)26(33)30(2)18-6-5-7-19(15-18)31-22-11-10-17(24(27)32)14-21(22)29-25(31)20-8-3-4-13-28-20/h3-4,8-14,18-19H,5-7,15H2,1-2H3,(H2,27,32). The summed E-state index contributed by atoms with van der Waals surface area (Å²) in [4.78, 5) is 38.1. The molecule has 0 bridgehead atoms. The predicted octanol–water partition coefficient (Wildman–Crippen LogP) is 4.82. The highest BCUT2D eigenvalue weighted by molar-refractivity contribution is 7.13. The largest absolute Gasteiger partial charge is 0.366 e. The Balaban J connectivity index is 1.52. The van der Waals surface area contributed by atoms with E-state index in [1.165, 1.54) is 11.3 Å². The molecule has 7 nitrogen and oxygen atoms in total. The zero-order chi connectivity index (χ0) is 23.8. The third-order valence-corrected chi connectivity index (χ3v) is 7.66. The van der Waals surface area contributed by atoms with Crippen molar-refractivity contribution in [1.29, 1.82) is 0 Å². The van der Waals surface area contributed by atoms with Gasteiger partial charge in [-0.25, -0.2) is 4.98 Å². The molecule has 174 valence electrons. The van der Waals surface area contributed by atoms with Gasteiger partial charge in [-0.1, -0.05) is 6.07 Å². The van der Waals surface area contributed by atoms with Crippen molar-refractivity contribution >= 4 is 34.2 Å². The van der Waals surface area contributed by atoms with Crippen molar-refractivity contribution in [1.82, 2.24) is 19.4 Å². The lowest BCUT2D eigenvalue weighted by atomic mass is 9.89. The van der Waals surface area contributed by atoms with E-state index in [1.54, 1.807) is 18.3 Å². The van der Waals surface area contributed by atoms with Crippen LogP contribution in [0.1, 0.15) is 56.6 Å². The van der Waals surface area contributed by atoms with Gasteiger partial charge in [0, 0.05) is 35.8 Å². The van der Waals surface area contributed by atoms with Gasteiger partial charge in [-0.2, -0.15) is 0 Å². The van der Waals surface area contributed by atoms with E-state index in [9.17, 15) is 9.59 Å². The quantitative estimate of drug-likeness (QED) is 0.449. The second-order valence-electron chi connectivity index (χ2n) is 8.89. The summed E-state index contributed by atoms with van der Waals surface area (Å²) < 4.78 is 2.24. The number of amides is 2. The number of aromatic nitrogens is 3. The third-order valence-electron chi connectivity index (χ3n) is 6.67. The van der Waals surface area contributed by atoms with Gasteiger partial charge >= 0.3 is 0 Å². The molecule has 2 amide bonds. The first-order chi connectivity index (χ1) is 16.4. The van der Waals surface area contributed by atoms with Crippen LogP contribution in [0.15, 0.2) is 54.7 Å². The van der Waals surface area contributed by atoms with Gasteiger partial charge in [-0.05, 0) is 75.1 Å². The summed E-state index contributed by atoms with van der Waals surface area (Å²) in [6.07, 6.45) is 5.56. The molecule has 0 radical (unpaired) electrons. The summed E-state index contributed by atoms with van der Waals surface area (Å²) in [5.41, 5.74) is 8.38. The molecule has 2 atom stereocenters. The average Bonchev–Trinajstić information content (AvgIpc) is 3.47. The van der Waals surface area contributed by atoms with Crippen molar-refractivity contribution in [2.45, 2.75) is 44.7 Å². The highest BCUT2D eigenvalue weighted by Gasteiger charge is 2.31. The van der Waals surface area contributed by atoms with E-state index in [0.717, 1.165) is 58.0 Å². The summed E-state index contributed by atoms with van der Waals surface area (Å²) in [5.74, 6) is 0.374. The molecule has 3 aromatic heterocycles. The molecule has 2 N–H and O–H groups in total. The molecule has 5 rings (SSSR count). The molecule has 34 heavy (non-hydrogen) atoms. The van der Waals surface area contributed by atoms with Crippen LogP contribution in [0.5, 0.6) is 0 Å². The fourth-order valence-electron chi connectivity index (χ4n) is 4.91. The Labute approximate surface area is 202 Å². The van der Waals surface area contributed by atoms with Crippen LogP contribution in [-0.2, 0) is 0 Å². The number of aryl methyl sites for hydroxylation is 1. The first-order valence-electron chi connectivity index (χ1n) is 11.5. The van der Waals surface area contributed by atoms with Gasteiger partial charge in [0.05, 0.1) is 15.9 Å². The van der Waals surface area contributed by atoms with Crippen LogP contribution >= 0.6 is 11.3 Å². The van der Waals surface area contributed by atoms with Gasteiger partial charge < -0.3 is 15.2 Å². The first kappa shape index (κ1) is 22.3. The summed E-state index contributed by atoms with van der Waals surface area (Å²) in [7, 11) is 1.91. The van der Waals surface area contributed by atoms with Crippen LogP contribution in [0.2, 0.25) is 0 Å². The molecule has 1 saturated carbocycles. The average molecular weight is 474 g/mol. The Kier molecular flexibility index (Phi) is 5.91. The van der Waals surface area contributed by atoms with Crippen LogP contribution in [0.25, 0.3) is 22.6 Å². The maximum absolute atomic E-state index is 13.1. The van der Waals surface area contributed by atoms with E-state index in [-0.39, 0.29) is 18.0 Å². The molecule has 2 unspecified atom stereocenters. The Morgan fingerprint density at radius 3 is 2.71 bits per heavy atom. The number of rotatable bonds is 5. The molecule has 4 aromatic rings. The molecular formula is C26H27N5O2S. The number of thiophene rings is 1. The van der Waals surface area contributed by atoms with Gasteiger partial charge in [0.1, 0.15) is 5.69 Å². The van der Waals surface area contributed by atoms with Crippen LogP contribution in [0.3, 0.4) is 0 Å². The number of benzene rings is 1. The van der Waals surface area contributed by atoms with Crippen molar-refractivity contribution in [3.8, 4) is 11.5 Å². The Morgan fingerprint density at radius 1 is 1.15 bits per heavy atom. The molecular weight excluding hydrogens is 446 g/mol. The second kappa shape index (κ2) is 9.02. The number of carbonyl (C=O) groups is 2. The van der Waals surface area contributed by atoms with Crippen molar-refractivity contribution in [3.63, 3.8) is 0 Å². The van der Waals surface area contributed by atoms with E-state index in [2.05, 4.69) is 9.55 Å². The lowest BCUT2D eigenvalue weighted by molar-refractivity contribution is 0.0676. The van der Waals surface area contributed by atoms with Crippen molar-refractivity contribution in [3.05, 3.63) is 70.0 Å². The van der Waals surface area contributed by atoms with E-state index in [4.69, 9.17) is 10.7 Å². The number of primary amides is 1. The lowest BCUT2D eigenvalue weighted by Crippen LogP contribution is -2.40. The minimum atomic E-state index is -0.475. The van der Waals surface area contributed by atoms with E-state index < -0.39 is 5.91 Å². The molecule has 0 aliphatic heterocycles. The molecule has 8 heteroatoms. The number of nitrogens with two attached hydrogens (primary N) is 1. The fourth-order valence-corrected chi connectivity index (χ4v) is 5.76. The van der Waals surface area contributed by atoms with Gasteiger partial charge in [0.15, 0.2) is 5.82 Å². The number of carbonyl (C=O) groups excluding carboxylic acids is 2. The van der Waals surface area contributed by atoms with E-state index in [0.29, 0.717) is 5.56 Å². The van der Waals surface area contributed by atoms with Crippen LogP contribution in [-0.4, -0.2) is 44.3 Å². The minimum absolute atomic E-state index is 0.0790. The molecule has 1 aromatic carbocycles. The van der Waals surface area contributed by atoms with E-state index >= 15 is 0 Å². The predicted molar refractivity (Wildman–Crippen MR) is 134 cm³/mol. The Hall–Kier alpha value is -3.52. The first-order valence-corrected chi connectivity index (χ1v) is 12.3. The van der Waals surface area contributed by atoms with Gasteiger partial charge in [0.2, 0.25) is 5.91 Å². The smallest absolute Gasteiger partial charge is 0.263 e. The van der Waals surface area contributed by atoms with Crippen LogP contribution in [0, 0.1) is 6.92 Å². The number of nitrogens with zero attached hydrogens (tertiary/aromatic N) is 4. The van der Waals surface area contributed by atoms with Crippen molar-refractivity contribution in [2.24, 2.45) is 5.73 Å². The highest BCUT2D eigenvalue weighted by Crippen LogP contribution is 2.37. The topological polar surface area (TPSA) is 94.1 Å². The third kappa shape index (κ3) is 4.09. The molecule has 0 spiro atoms. The minimum Gasteiger partial charge on any atom is -0.366 e. The van der Waals surface area contributed by atoms with E-state index in [1.807, 2.05) is 55.3 Å². The van der Waals surface area contributed by atoms with Crippen LogP contribution in [0.4, 0.5) is 0 Å². The van der Waals surface area contributed by atoms with Crippen LogP contribution < -0.4 is 5.73 Å². The van der Waals surface area contributed by atoms with Crippen molar-refractivity contribution in [2.75, 3.05) is 7.05 Å². The zero-order valence-corrected chi connectivity index (χ0v) is 20.1. The maximum Gasteiger partial charge on any atom is 0.263 e. The number of fused-ring (bicyclic) bond motifs is 1. The Bertz CT molecular complexity index is 1360. The molecule has 1 aliphatic carbocycles. The summed E-state index contributed by atoms with van der Waals surface area (Å²) in [5, 5.41) is 0. The highest BCUT2D eigenvalue weighted by atomic mass is 32.1. The fraction of sp³-hybridized carbons (Fsp3) is 0.308. The monoisotopic (exact) mass is 473 g/mol. The van der Waals surface area contributed by atoms with Gasteiger partial charge in [-0.3, -0.25) is 14.6 Å². The SMILES string of the molecule is Cc1ccc(C(=O)N(C)C2CCCC(n3c(-c4ccccn4)nc4cc(C(N)=O)ccc43)C2)s1. The van der Waals surface area contributed by atoms with Gasteiger partial charge in [-0.15, -0.1) is 11.3 Å². The van der Waals surface area contributed by atoms with Crippen molar-refractivity contribution < 1.29 is 9.59 Å². The summed E-state index contributed by atoms with van der Waals surface area (Å²) >= 11 is 1.54. The zero-order valence-electron chi connectivity index (χ0n) is 19.3. The summed E-state index contributed by atoms with van der Waals surface area (Å²) in [6.45, 7) is 2.02. The number of hydrogen-bond donors (Lipinski definition) is 1. The number of pyridine rings is 1. The Morgan fingerprint density at radius 2 is 2.00 bits per heavy atom. The summed E-state index contributed by atoms with van der Waals surface area (Å²) in [6, 6.07) is 15.4. The molecule has 1 fully saturated rings. The lowest BCUT2D eigenvalue weighted by Gasteiger charge is -2.36. The second-order valence-corrected chi connectivity index (χ2v) is 10.2. The molecule has 1 aliphatic rings. The number of imidazole rings is 1. The maximum atomic E-state index is 13.1. The molecule has 3 heterocycles. The van der Waals surface area contributed by atoms with Gasteiger partial charge in [0.25, 0.3) is 5.91 Å². The number of hydrogen-bond acceptors (Lipinski definition) is 5. The molecule has 0 saturated heterocycles.